The van der Waals surface area contributed by atoms with E-state index in [1.54, 1.807) is 0 Å². The van der Waals surface area contributed by atoms with Crippen molar-refractivity contribution in [3.05, 3.63) is 35.4 Å². The Morgan fingerprint density at radius 2 is 1.75 bits per heavy atom. The first-order valence-electron chi connectivity index (χ1n) is 8.04. The minimum Gasteiger partial charge on any atom is -0.319 e. The zero-order valence-corrected chi connectivity index (χ0v) is 13.5. The second-order valence-electron chi connectivity index (χ2n) is 6.84. The molecule has 0 aromatic heterocycles. The molecule has 1 heterocycles. The molecule has 1 aromatic rings. The fourth-order valence-corrected chi connectivity index (χ4v) is 3.55. The third-order valence-electron chi connectivity index (χ3n) is 4.41. The van der Waals surface area contributed by atoms with Gasteiger partial charge in [0.2, 0.25) is 0 Å². The number of likely N-dealkylation sites (N-methyl/N-ethyl adjacent to an activating group) is 1. The van der Waals surface area contributed by atoms with Crippen molar-refractivity contribution in [1.29, 1.82) is 0 Å². The maximum atomic E-state index is 3.25. The van der Waals surface area contributed by atoms with Gasteiger partial charge in [0.15, 0.2) is 0 Å². The zero-order chi connectivity index (χ0) is 14.5. The number of nitrogens with zero attached hydrogens (tertiary/aromatic N) is 1. The van der Waals surface area contributed by atoms with Gasteiger partial charge in [0.05, 0.1) is 0 Å². The summed E-state index contributed by atoms with van der Waals surface area (Å²) < 4.78 is 0. The molecule has 1 N–H and O–H groups in total. The van der Waals surface area contributed by atoms with E-state index in [0.717, 1.165) is 24.9 Å². The molecule has 3 atom stereocenters. The van der Waals surface area contributed by atoms with Crippen molar-refractivity contribution < 1.29 is 0 Å². The Bertz CT molecular complexity index is 388. The van der Waals surface area contributed by atoms with E-state index in [1.165, 1.54) is 30.6 Å². The molecule has 2 heteroatoms. The Morgan fingerprint density at radius 1 is 1.15 bits per heavy atom. The highest BCUT2D eigenvalue weighted by molar-refractivity contribution is 5.25. The number of likely N-dealkylation sites (tertiary alicyclic amines) is 1. The SMILES string of the molecule is CNCC(C)c1ccc(CN2CC(C)CC(C)C2)cc1. The molecule has 0 spiro atoms. The van der Waals surface area contributed by atoms with Crippen LogP contribution in [0, 0.1) is 11.8 Å². The van der Waals surface area contributed by atoms with Crippen molar-refractivity contribution in [3.8, 4) is 0 Å². The molecule has 0 bridgehead atoms. The topological polar surface area (TPSA) is 15.3 Å². The van der Waals surface area contributed by atoms with Crippen LogP contribution in [0.1, 0.15) is 44.2 Å². The summed E-state index contributed by atoms with van der Waals surface area (Å²) in [7, 11) is 2.02. The summed E-state index contributed by atoms with van der Waals surface area (Å²) in [5.41, 5.74) is 2.88. The average molecular weight is 274 g/mol. The summed E-state index contributed by atoms with van der Waals surface area (Å²) >= 11 is 0. The summed E-state index contributed by atoms with van der Waals surface area (Å²) in [5.74, 6) is 2.27. The smallest absolute Gasteiger partial charge is 0.0233 e. The summed E-state index contributed by atoms with van der Waals surface area (Å²) in [6, 6.07) is 9.22. The van der Waals surface area contributed by atoms with Crippen LogP contribution in [0.25, 0.3) is 0 Å². The standard InChI is InChI=1S/C18H30N2/c1-14-9-15(2)12-20(11-14)13-17-5-7-18(8-6-17)16(3)10-19-4/h5-8,14-16,19H,9-13H2,1-4H3. The van der Waals surface area contributed by atoms with Crippen LogP contribution in [0.5, 0.6) is 0 Å². The fourth-order valence-electron chi connectivity index (χ4n) is 3.55. The van der Waals surface area contributed by atoms with Gasteiger partial charge >= 0.3 is 0 Å². The molecular weight excluding hydrogens is 244 g/mol. The maximum Gasteiger partial charge on any atom is 0.0233 e. The van der Waals surface area contributed by atoms with E-state index in [-0.39, 0.29) is 0 Å². The lowest BCUT2D eigenvalue weighted by atomic mass is 9.91. The molecule has 1 saturated heterocycles. The minimum atomic E-state index is 0.587. The Balaban J connectivity index is 1.93. The van der Waals surface area contributed by atoms with E-state index in [1.807, 2.05) is 7.05 Å². The Labute approximate surface area is 124 Å². The molecule has 2 nitrogen and oxygen atoms in total. The highest BCUT2D eigenvalue weighted by Gasteiger charge is 2.21. The molecule has 112 valence electrons. The summed E-state index contributed by atoms with van der Waals surface area (Å²) in [5, 5.41) is 3.25. The number of hydrogen-bond donors (Lipinski definition) is 1. The van der Waals surface area contributed by atoms with Gasteiger partial charge in [-0.25, -0.2) is 0 Å². The van der Waals surface area contributed by atoms with Crippen LogP contribution in [-0.2, 0) is 6.54 Å². The van der Waals surface area contributed by atoms with E-state index < -0.39 is 0 Å². The quantitative estimate of drug-likeness (QED) is 0.884. The Hall–Kier alpha value is -0.860. The minimum absolute atomic E-state index is 0.587. The van der Waals surface area contributed by atoms with E-state index in [4.69, 9.17) is 0 Å². The van der Waals surface area contributed by atoms with Gasteiger partial charge in [-0.05, 0) is 42.3 Å². The molecule has 0 amide bonds. The number of benzene rings is 1. The van der Waals surface area contributed by atoms with Gasteiger partial charge in [-0.3, -0.25) is 4.90 Å². The largest absolute Gasteiger partial charge is 0.319 e. The fraction of sp³-hybridized carbons (Fsp3) is 0.667. The molecule has 20 heavy (non-hydrogen) atoms. The van der Waals surface area contributed by atoms with Crippen LogP contribution in [0.3, 0.4) is 0 Å². The molecule has 3 unspecified atom stereocenters. The summed E-state index contributed by atoms with van der Waals surface area (Å²) in [6.45, 7) is 11.7. The second-order valence-corrected chi connectivity index (χ2v) is 6.84. The first-order valence-corrected chi connectivity index (χ1v) is 8.04. The average Bonchev–Trinajstić information content (AvgIpc) is 2.38. The monoisotopic (exact) mass is 274 g/mol. The lowest BCUT2D eigenvalue weighted by Gasteiger charge is -2.35. The third kappa shape index (κ3) is 4.32. The van der Waals surface area contributed by atoms with E-state index in [2.05, 4.69) is 55.3 Å². The van der Waals surface area contributed by atoms with Crippen LogP contribution < -0.4 is 5.32 Å². The highest BCUT2D eigenvalue weighted by Crippen LogP contribution is 2.23. The Kier molecular flexibility index (Phi) is 5.62. The molecule has 1 fully saturated rings. The normalized spacial score (nSPS) is 25.6. The van der Waals surface area contributed by atoms with Gasteiger partial charge in [-0.2, -0.15) is 0 Å². The van der Waals surface area contributed by atoms with E-state index in [0.29, 0.717) is 5.92 Å². The molecule has 0 radical (unpaired) electrons. The van der Waals surface area contributed by atoms with Gasteiger partial charge in [-0.1, -0.05) is 45.0 Å². The van der Waals surface area contributed by atoms with Crippen molar-refractivity contribution in [2.24, 2.45) is 11.8 Å². The lowest BCUT2D eigenvalue weighted by Crippen LogP contribution is -2.38. The van der Waals surface area contributed by atoms with Gasteiger partial charge < -0.3 is 5.32 Å². The predicted molar refractivity (Wildman–Crippen MR) is 87.0 cm³/mol. The molecule has 0 aliphatic carbocycles. The summed E-state index contributed by atoms with van der Waals surface area (Å²) in [6.07, 6.45) is 1.39. The van der Waals surface area contributed by atoms with Crippen LogP contribution in [0.15, 0.2) is 24.3 Å². The van der Waals surface area contributed by atoms with Crippen molar-refractivity contribution in [1.82, 2.24) is 10.2 Å². The first-order chi connectivity index (χ1) is 9.58. The van der Waals surface area contributed by atoms with Crippen LogP contribution in [0.4, 0.5) is 0 Å². The van der Waals surface area contributed by atoms with Gasteiger partial charge in [-0.15, -0.1) is 0 Å². The molecule has 1 aliphatic rings. The van der Waals surface area contributed by atoms with E-state index >= 15 is 0 Å². The second kappa shape index (κ2) is 7.24. The number of rotatable bonds is 5. The number of nitrogens with one attached hydrogen (secondary N) is 1. The van der Waals surface area contributed by atoms with Crippen molar-refractivity contribution in [2.75, 3.05) is 26.7 Å². The zero-order valence-electron chi connectivity index (χ0n) is 13.5. The van der Waals surface area contributed by atoms with Crippen molar-refractivity contribution >= 4 is 0 Å². The molecular formula is C18H30N2. The molecule has 2 rings (SSSR count). The lowest BCUT2D eigenvalue weighted by molar-refractivity contribution is 0.134. The van der Waals surface area contributed by atoms with Gasteiger partial charge in [0, 0.05) is 26.2 Å². The van der Waals surface area contributed by atoms with Gasteiger partial charge in [0.25, 0.3) is 0 Å². The van der Waals surface area contributed by atoms with Crippen molar-refractivity contribution in [2.45, 2.75) is 39.7 Å². The molecule has 1 aromatic carbocycles. The van der Waals surface area contributed by atoms with Crippen LogP contribution in [0.2, 0.25) is 0 Å². The predicted octanol–water partition coefficient (Wildman–Crippen LogP) is 3.49. The molecule has 0 saturated carbocycles. The number of piperidine rings is 1. The maximum absolute atomic E-state index is 3.25. The van der Waals surface area contributed by atoms with Crippen LogP contribution >= 0.6 is 0 Å². The van der Waals surface area contributed by atoms with E-state index in [9.17, 15) is 0 Å². The summed E-state index contributed by atoms with van der Waals surface area (Å²) in [4.78, 5) is 2.62. The van der Waals surface area contributed by atoms with Gasteiger partial charge in [0.1, 0.15) is 0 Å². The molecule has 1 aliphatic heterocycles. The number of hydrogen-bond acceptors (Lipinski definition) is 2. The third-order valence-corrected chi connectivity index (χ3v) is 4.41. The highest BCUT2D eigenvalue weighted by atomic mass is 15.1. The first kappa shape index (κ1) is 15.5. The Morgan fingerprint density at radius 3 is 2.30 bits per heavy atom. The van der Waals surface area contributed by atoms with Crippen LogP contribution in [-0.4, -0.2) is 31.6 Å². The van der Waals surface area contributed by atoms with Crippen molar-refractivity contribution in [3.63, 3.8) is 0 Å².